The van der Waals surface area contributed by atoms with Crippen molar-refractivity contribution in [2.45, 2.75) is 86.1 Å². The minimum atomic E-state index is -2.49. The van der Waals surface area contributed by atoms with Gasteiger partial charge in [0, 0.05) is 72.7 Å². The van der Waals surface area contributed by atoms with Gasteiger partial charge in [0.25, 0.3) is 6.43 Å². The second-order valence-electron chi connectivity index (χ2n) is 14.5. The lowest BCUT2D eigenvalue weighted by molar-refractivity contribution is -0.142. The predicted molar refractivity (Wildman–Crippen MR) is 228 cm³/mol. The summed E-state index contributed by atoms with van der Waals surface area (Å²) in [6, 6.07) is 12.0. The molecule has 0 bridgehead atoms. The number of H-pyrrole nitrogens is 2. The first-order valence-electron chi connectivity index (χ1n) is 19.8. The van der Waals surface area contributed by atoms with Crippen LogP contribution in [0, 0.1) is 0 Å². The van der Waals surface area contributed by atoms with Gasteiger partial charge in [0.15, 0.2) is 0 Å². The molecule has 60 heavy (non-hydrogen) atoms. The number of aromatic amines is 2. The summed E-state index contributed by atoms with van der Waals surface area (Å²) < 4.78 is 25.6. The van der Waals surface area contributed by atoms with Gasteiger partial charge in [-0.3, -0.25) is 14.4 Å². The summed E-state index contributed by atoms with van der Waals surface area (Å²) in [4.78, 5) is 72.0. The molecule has 3 unspecified atom stereocenters. The fraction of sp³-hybridized carbons (Fsp3) is 0.381. The number of amides is 3. The third-order valence-corrected chi connectivity index (χ3v) is 12.1. The SMILES string of the molecule is CN1C(=O)C(CCCCNCC(F)F)NC(=O)C(CCCN)NCc2cccnc2Sc2c(Cl)ccc(-c3cnc(=O)[nH]c3)c2CNC(=O)C1Cc1c[nH]c2ccccc12. The summed E-state index contributed by atoms with van der Waals surface area (Å²) in [5, 5.41) is 14.0. The van der Waals surface area contributed by atoms with E-state index in [1.54, 1.807) is 31.4 Å². The summed E-state index contributed by atoms with van der Waals surface area (Å²) in [5.74, 6) is -1.37. The number of carbonyl (C=O) groups is 3. The van der Waals surface area contributed by atoms with Gasteiger partial charge in [0.05, 0.1) is 17.6 Å². The molecule has 0 saturated heterocycles. The van der Waals surface area contributed by atoms with Crippen LogP contribution in [0.1, 0.15) is 48.8 Å². The van der Waals surface area contributed by atoms with E-state index in [-0.39, 0.29) is 25.9 Å². The molecule has 18 heteroatoms. The van der Waals surface area contributed by atoms with Crippen LogP contribution in [0.5, 0.6) is 0 Å². The van der Waals surface area contributed by atoms with Gasteiger partial charge in [-0.25, -0.2) is 23.5 Å². The molecule has 5 aromatic rings. The number of para-hydroxylation sites is 1. The van der Waals surface area contributed by atoms with Crippen LogP contribution in [0.25, 0.3) is 22.0 Å². The zero-order chi connectivity index (χ0) is 42.6. The Labute approximate surface area is 355 Å². The molecule has 3 amide bonds. The number of pyridine rings is 1. The molecule has 0 spiro atoms. The van der Waals surface area contributed by atoms with E-state index in [1.807, 2.05) is 36.5 Å². The van der Waals surface area contributed by atoms with Crippen LogP contribution in [0.3, 0.4) is 0 Å². The van der Waals surface area contributed by atoms with Crippen molar-refractivity contribution in [3.05, 3.63) is 106 Å². The second-order valence-corrected chi connectivity index (χ2v) is 15.9. The lowest BCUT2D eigenvalue weighted by atomic mass is 10.00. The summed E-state index contributed by atoms with van der Waals surface area (Å²) in [6.45, 7) is 0.389. The molecule has 318 valence electrons. The van der Waals surface area contributed by atoms with Gasteiger partial charge in [-0.05, 0) is 85.6 Å². The minimum absolute atomic E-state index is 0.0318. The number of hydrogen-bond acceptors (Lipinski definition) is 10. The van der Waals surface area contributed by atoms with Crippen molar-refractivity contribution in [1.29, 1.82) is 0 Å². The minimum Gasteiger partial charge on any atom is -0.361 e. The molecule has 0 aliphatic carbocycles. The number of nitrogens with two attached hydrogens (primary N) is 1. The number of aromatic nitrogens is 4. The van der Waals surface area contributed by atoms with Crippen molar-refractivity contribution in [3.63, 3.8) is 0 Å². The largest absolute Gasteiger partial charge is 0.361 e. The molecule has 4 heterocycles. The van der Waals surface area contributed by atoms with E-state index in [2.05, 4.69) is 41.2 Å². The summed E-state index contributed by atoms with van der Waals surface area (Å²) in [7, 11) is 1.55. The second kappa shape index (κ2) is 21.4. The topological polar surface area (TPSA) is 203 Å². The van der Waals surface area contributed by atoms with Gasteiger partial charge in [0.1, 0.15) is 17.1 Å². The monoisotopic (exact) mass is 862 g/mol. The number of likely N-dealkylation sites (N-methyl/N-ethyl adjacent to an activating group) is 1. The van der Waals surface area contributed by atoms with Gasteiger partial charge < -0.3 is 41.9 Å². The van der Waals surface area contributed by atoms with Crippen LogP contribution < -0.4 is 32.7 Å². The smallest absolute Gasteiger partial charge is 0.344 e. The Bertz CT molecular complexity index is 2310. The standard InChI is InChI=1S/C42H49ClF2N10O4S/c1-55-35(18-26-20-49-32-10-3-2-9-29(26)32)39(57)51-23-30-28(27-21-52-42(59)53-22-27)13-14-31(43)37(30)60-40-25(8-7-17-48-40)19-50-33(12-6-15-46)38(56)54-34(41(55)58)11-4-5-16-47-24-36(44)45/h2-3,7-10,13-14,17,20-22,33-36,47,49-50H,4-6,11-12,15-16,18-19,23-24,46H2,1H3,(H,51,57)(H,54,56)(H,52,53,59). The molecule has 6 rings (SSSR count). The zero-order valence-corrected chi connectivity index (χ0v) is 34.7. The van der Waals surface area contributed by atoms with Crippen LogP contribution >= 0.6 is 23.4 Å². The molecule has 0 fully saturated rings. The maximum atomic E-state index is 14.7. The molecule has 8 N–H and O–H groups in total. The number of unbranched alkanes of at least 4 members (excludes halogenated alkanes) is 1. The number of hydrogen-bond donors (Lipinski definition) is 7. The Balaban J connectivity index is 1.43. The number of benzene rings is 2. The zero-order valence-electron chi connectivity index (χ0n) is 33.1. The fourth-order valence-electron chi connectivity index (χ4n) is 7.22. The van der Waals surface area contributed by atoms with Crippen LogP contribution in [0.15, 0.2) is 88.0 Å². The van der Waals surface area contributed by atoms with Crippen LogP contribution in [-0.4, -0.2) is 93.8 Å². The highest BCUT2D eigenvalue weighted by molar-refractivity contribution is 7.99. The first kappa shape index (κ1) is 44.4. The van der Waals surface area contributed by atoms with Gasteiger partial charge >= 0.3 is 5.69 Å². The maximum Gasteiger partial charge on any atom is 0.344 e. The number of alkyl halides is 2. The average Bonchev–Trinajstić information content (AvgIpc) is 3.66. The lowest BCUT2D eigenvalue weighted by Crippen LogP contribution is -2.57. The van der Waals surface area contributed by atoms with Gasteiger partial charge in [-0.2, -0.15) is 0 Å². The normalized spacial score (nSPS) is 18.2. The Kier molecular flexibility index (Phi) is 15.8. The third-order valence-electron chi connectivity index (χ3n) is 10.5. The van der Waals surface area contributed by atoms with E-state index in [1.165, 1.54) is 29.1 Å². The first-order valence-corrected chi connectivity index (χ1v) is 21.0. The molecule has 1 aliphatic heterocycles. The number of halogens is 3. The number of carbonyl (C=O) groups excluding carboxylic acids is 3. The number of fused-ring (bicyclic) bond motifs is 3. The van der Waals surface area contributed by atoms with E-state index in [4.69, 9.17) is 17.3 Å². The van der Waals surface area contributed by atoms with E-state index in [0.29, 0.717) is 70.4 Å². The number of nitrogens with one attached hydrogen (secondary N) is 6. The quantitative estimate of drug-likeness (QED) is 0.0826. The molecule has 0 radical (unpaired) electrons. The molecular formula is C42H49ClF2N10O4S. The van der Waals surface area contributed by atoms with Crippen molar-refractivity contribution in [2.75, 3.05) is 26.7 Å². The van der Waals surface area contributed by atoms with E-state index in [0.717, 1.165) is 22.0 Å². The van der Waals surface area contributed by atoms with Crippen molar-refractivity contribution in [1.82, 2.24) is 46.1 Å². The number of nitrogens with zero attached hydrogens (tertiary/aromatic N) is 3. The summed E-state index contributed by atoms with van der Waals surface area (Å²) >= 11 is 8.26. The molecule has 0 saturated carbocycles. The molecular weight excluding hydrogens is 814 g/mol. The molecule has 3 atom stereocenters. The van der Waals surface area contributed by atoms with E-state index >= 15 is 0 Å². The highest BCUT2D eigenvalue weighted by atomic mass is 35.5. The lowest BCUT2D eigenvalue weighted by Gasteiger charge is -2.32. The molecule has 2 aromatic carbocycles. The maximum absolute atomic E-state index is 14.7. The molecule has 3 aromatic heterocycles. The summed E-state index contributed by atoms with van der Waals surface area (Å²) in [6.07, 6.45) is 6.08. The summed E-state index contributed by atoms with van der Waals surface area (Å²) in [5.41, 5.74) is 9.65. The van der Waals surface area contributed by atoms with E-state index < -0.39 is 54.5 Å². The molecule has 14 nitrogen and oxygen atoms in total. The highest BCUT2D eigenvalue weighted by Crippen LogP contribution is 2.41. The van der Waals surface area contributed by atoms with Gasteiger partial charge in [-0.1, -0.05) is 53.7 Å². The Morgan fingerprint density at radius 1 is 0.950 bits per heavy atom. The fourth-order valence-corrected chi connectivity index (χ4v) is 8.56. The van der Waals surface area contributed by atoms with E-state index in [9.17, 15) is 28.0 Å². The van der Waals surface area contributed by atoms with Crippen LogP contribution in [0.4, 0.5) is 8.78 Å². The Morgan fingerprint density at radius 2 is 1.77 bits per heavy atom. The number of rotatable bonds is 13. The van der Waals surface area contributed by atoms with Crippen LogP contribution in [0.2, 0.25) is 5.02 Å². The van der Waals surface area contributed by atoms with Gasteiger partial charge in [0.2, 0.25) is 17.7 Å². The predicted octanol–water partition coefficient (Wildman–Crippen LogP) is 4.52. The van der Waals surface area contributed by atoms with Crippen molar-refractivity contribution < 1.29 is 23.2 Å². The van der Waals surface area contributed by atoms with Crippen molar-refractivity contribution in [2.24, 2.45) is 5.73 Å². The van der Waals surface area contributed by atoms with Crippen molar-refractivity contribution in [3.8, 4) is 11.1 Å². The van der Waals surface area contributed by atoms with Crippen LogP contribution in [-0.2, 0) is 33.9 Å². The molecule has 1 aliphatic rings. The van der Waals surface area contributed by atoms with Crippen molar-refractivity contribution >= 4 is 52.0 Å². The highest BCUT2D eigenvalue weighted by Gasteiger charge is 2.34. The first-order chi connectivity index (χ1) is 29.0. The average molecular weight is 863 g/mol. The third kappa shape index (κ3) is 11.3. The Hall–Kier alpha value is -5.20. The Morgan fingerprint density at radius 3 is 2.55 bits per heavy atom. The van der Waals surface area contributed by atoms with Gasteiger partial charge in [-0.15, -0.1) is 0 Å².